The number of carbonyl (C=O) groups is 6. The lowest BCUT2D eigenvalue weighted by molar-refractivity contribution is -0.171. The summed E-state index contributed by atoms with van der Waals surface area (Å²) >= 11 is 3.45. The van der Waals surface area contributed by atoms with E-state index in [1.54, 1.807) is 78.9 Å². The molecule has 0 unspecified atom stereocenters. The number of esters is 6. The summed E-state index contributed by atoms with van der Waals surface area (Å²) in [5.41, 5.74) is -3.40. The number of benzene rings is 3. The summed E-state index contributed by atoms with van der Waals surface area (Å²) in [4.78, 5) is 84.0. The van der Waals surface area contributed by atoms with Gasteiger partial charge in [-0.1, -0.05) is 82.7 Å². The molecule has 12 nitrogen and oxygen atoms in total. The summed E-state index contributed by atoms with van der Waals surface area (Å²) in [7, 11) is 6.87. The minimum Gasteiger partial charge on any atom is -0.468 e. The van der Waals surface area contributed by atoms with E-state index in [1.165, 1.54) is 0 Å². The first-order valence-electron chi connectivity index (χ1n) is 16.9. The quantitative estimate of drug-likeness (QED) is 0.175. The van der Waals surface area contributed by atoms with E-state index < -0.39 is 52.1 Å². The molecule has 4 rings (SSSR count). The van der Waals surface area contributed by atoms with Gasteiger partial charge in [-0.15, -0.1) is 0 Å². The van der Waals surface area contributed by atoms with E-state index in [1.807, 2.05) is 0 Å². The molecule has 0 N–H and O–H groups in total. The highest BCUT2D eigenvalue weighted by Crippen LogP contribution is 2.43. The molecule has 1 aliphatic rings. The zero-order valence-corrected chi connectivity index (χ0v) is 32.6. The smallest absolute Gasteiger partial charge is 0.323 e. The van der Waals surface area contributed by atoms with Gasteiger partial charge in [0, 0.05) is 4.47 Å². The molecule has 0 aliphatic heterocycles. The zero-order chi connectivity index (χ0) is 39.7. The Balaban J connectivity index is 2.20. The Morgan fingerprint density at radius 1 is 0.444 bits per heavy atom. The van der Waals surface area contributed by atoms with Crippen LogP contribution in [0.3, 0.4) is 0 Å². The number of ether oxygens (including phenoxy) is 6. The third kappa shape index (κ3) is 8.10. The van der Waals surface area contributed by atoms with E-state index in [9.17, 15) is 28.8 Å². The maximum absolute atomic E-state index is 14.1. The normalized spacial score (nSPS) is 17.2. The van der Waals surface area contributed by atoms with Gasteiger partial charge in [-0.05, 0) is 84.0 Å². The van der Waals surface area contributed by atoms with Crippen LogP contribution < -0.4 is 0 Å². The van der Waals surface area contributed by atoms with Crippen LogP contribution in [0.15, 0.2) is 83.3 Å². The lowest BCUT2D eigenvalue weighted by atomic mass is 9.71. The molecule has 13 heteroatoms. The molecule has 0 amide bonds. The number of hydrogen-bond acceptors (Lipinski definition) is 12. The maximum atomic E-state index is 14.1. The summed E-state index contributed by atoms with van der Waals surface area (Å²) in [5, 5.41) is 0. The van der Waals surface area contributed by atoms with Crippen molar-refractivity contribution in [3.63, 3.8) is 0 Å². The fourth-order valence-electron chi connectivity index (χ4n) is 7.19. The van der Waals surface area contributed by atoms with Gasteiger partial charge in [0.05, 0.1) is 42.7 Å². The van der Waals surface area contributed by atoms with Crippen molar-refractivity contribution in [2.75, 3.05) is 42.7 Å². The molecule has 286 valence electrons. The van der Waals surface area contributed by atoms with E-state index in [0.29, 0.717) is 33.4 Å². The van der Waals surface area contributed by atoms with Gasteiger partial charge in [-0.3, -0.25) is 28.8 Å². The van der Waals surface area contributed by atoms with Gasteiger partial charge >= 0.3 is 35.8 Å². The number of fused-ring (bicyclic) bond motifs is 2. The summed E-state index contributed by atoms with van der Waals surface area (Å²) in [6, 6.07) is 20.6. The van der Waals surface area contributed by atoms with E-state index in [4.69, 9.17) is 28.4 Å². The van der Waals surface area contributed by atoms with Gasteiger partial charge in [0.15, 0.2) is 16.2 Å². The van der Waals surface area contributed by atoms with Crippen molar-refractivity contribution in [1.29, 1.82) is 0 Å². The second kappa shape index (κ2) is 17.7. The molecule has 0 spiro atoms. The predicted molar refractivity (Wildman–Crippen MR) is 198 cm³/mol. The monoisotopic (exact) mass is 806 g/mol. The average molecular weight is 808 g/mol. The Bertz CT molecular complexity index is 1880. The Kier molecular flexibility index (Phi) is 13.6. The molecule has 0 atom stereocenters. The van der Waals surface area contributed by atoms with Crippen LogP contribution in [-0.2, 0) is 82.9 Å². The molecule has 0 bridgehead atoms. The van der Waals surface area contributed by atoms with Gasteiger partial charge in [0.2, 0.25) is 0 Å². The van der Waals surface area contributed by atoms with Crippen molar-refractivity contribution in [1.82, 2.24) is 0 Å². The largest absolute Gasteiger partial charge is 0.468 e. The van der Waals surface area contributed by atoms with E-state index in [0.717, 1.165) is 47.1 Å². The van der Waals surface area contributed by atoms with Crippen molar-refractivity contribution in [3.05, 3.63) is 111 Å². The predicted octanol–water partition coefficient (Wildman–Crippen LogP) is 5.19. The van der Waals surface area contributed by atoms with Gasteiger partial charge < -0.3 is 28.4 Å². The zero-order valence-electron chi connectivity index (χ0n) is 31.0. The fourth-order valence-corrected chi connectivity index (χ4v) is 7.46. The van der Waals surface area contributed by atoms with Gasteiger partial charge in [-0.2, -0.15) is 0 Å². The Hall–Kier alpha value is -5.30. The maximum Gasteiger partial charge on any atom is 0.323 e. The molecular weight excluding hydrogens is 764 g/mol. The third-order valence-electron chi connectivity index (χ3n) is 10.1. The second-order valence-electron chi connectivity index (χ2n) is 13.1. The lowest BCUT2D eigenvalue weighted by Gasteiger charge is -2.32. The molecule has 54 heavy (non-hydrogen) atoms. The first kappa shape index (κ1) is 41.5. The van der Waals surface area contributed by atoms with Gasteiger partial charge in [-0.25, -0.2) is 0 Å². The second-order valence-corrected chi connectivity index (χ2v) is 14.0. The molecule has 3 aromatic carbocycles. The summed E-state index contributed by atoms with van der Waals surface area (Å²) < 4.78 is 32.4. The van der Waals surface area contributed by atoms with Gasteiger partial charge in [0.25, 0.3) is 0 Å². The highest BCUT2D eigenvalue weighted by molar-refractivity contribution is 9.10. The molecule has 1 aliphatic carbocycles. The van der Waals surface area contributed by atoms with Crippen molar-refractivity contribution in [2.45, 2.75) is 38.5 Å². The molecule has 0 saturated heterocycles. The number of rotatable bonds is 7. The molecule has 0 radical (unpaired) electrons. The summed E-state index contributed by atoms with van der Waals surface area (Å²) in [6.07, 6.45) is -0.195. The number of carbonyl (C=O) groups excluding carboxylic acids is 6. The van der Waals surface area contributed by atoms with Crippen LogP contribution in [0, 0.1) is 16.2 Å². The first-order valence-corrected chi connectivity index (χ1v) is 17.7. The van der Waals surface area contributed by atoms with Crippen LogP contribution in [0.25, 0.3) is 5.57 Å². The topological polar surface area (TPSA) is 158 Å². The number of allylic oxidation sites excluding steroid dienone is 2. The molecular formula is C41H43BrO12. The van der Waals surface area contributed by atoms with E-state index in [-0.39, 0.29) is 38.5 Å². The summed E-state index contributed by atoms with van der Waals surface area (Å²) in [5.74, 6) is -5.53. The van der Waals surface area contributed by atoms with Crippen LogP contribution in [-0.4, -0.2) is 78.5 Å². The highest BCUT2D eigenvalue weighted by Gasteiger charge is 2.54. The molecule has 0 aromatic heterocycles. The highest BCUT2D eigenvalue weighted by atomic mass is 79.9. The lowest BCUT2D eigenvalue weighted by Crippen LogP contribution is -2.46. The fraction of sp³-hybridized carbons (Fsp3) is 0.366. The Morgan fingerprint density at radius 2 is 0.741 bits per heavy atom. The minimum atomic E-state index is -2.06. The van der Waals surface area contributed by atoms with Crippen LogP contribution >= 0.6 is 15.9 Å². The van der Waals surface area contributed by atoms with Crippen molar-refractivity contribution in [2.24, 2.45) is 16.2 Å². The van der Waals surface area contributed by atoms with Crippen molar-refractivity contribution < 1.29 is 57.2 Å². The van der Waals surface area contributed by atoms with E-state index in [2.05, 4.69) is 15.9 Å². The average Bonchev–Trinajstić information content (AvgIpc) is 3.20. The molecule has 0 fully saturated rings. The molecule has 0 heterocycles. The molecule has 3 aromatic rings. The number of hydrogen-bond donors (Lipinski definition) is 0. The third-order valence-corrected chi connectivity index (χ3v) is 10.6. The van der Waals surface area contributed by atoms with Crippen molar-refractivity contribution in [3.8, 4) is 0 Å². The Labute approximate surface area is 322 Å². The molecule has 0 saturated carbocycles. The summed E-state index contributed by atoms with van der Waals surface area (Å²) in [6.45, 7) is 0. The number of methoxy groups -OCH3 is 6. The van der Waals surface area contributed by atoms with Crippen LogP contribution in [0.4, 0.5) is 0 Å². The number of halogens is 1. The van der Waals surface area contributed by atoms with Crippen LogP contribution in [0.5, 0.6) is 0 Å². The van der Waals surface area contributed by atoms with Crippen LogP contribution in [0.1, 0.15) is 40.7 Å². The van der Waals surface area contributed by atoms with Gasteiger partial charge in [0.1, 0.15) is 0 Å². The minimum absolute atomic E-state index is 0.283. The van der Waals surface area contributed by atoms with Crippen molar-refractivity contribution >= 4 is 57.3 Å². The van der Waals surface area contributed by atoms with E-state index >= 15 is 0 Å². The first-order chi connectivity index (χ1) is 25.8. The SMILES string of the molecule is COC(=O)C1(C(=O)OC)C/C=C(/c2ccc(Br)cc2)CC(C(=O)OC)(C(=O)OC)Cc2ccccc2CC(C(=O)OC)(C(=O)OC)Cc2ccccc2C1. The Morgan fingerprint density at radius 3 is 1.07 bits per heavy atom. The van der Waals surface area contributed by atoms with Crippen LogP contribution in [0.2, 0.25) is 0 Å². The standard InChI is InChI=1S/C41H43BrO12/c1-49-33(43)39(34(44)50-2)20-19-31(26-15-17-32(42)18-16-26)25-41(37(47)53-5,38(48)54-6)24-30-14-10-9-13-29(30)23-40(35(45)51-3,36(46)52-4)22-28-12-8-7-11-27(28)21-39/h7-19H,20-25H2,1-6H3/b31-19+.